The summed E-state index contributed by atoms with van der Waals surface area (Å²) in [6.07, 6.45) is -14.7. The molecule has 0 saturated carbocycles. The molecule has 13 heteroatoms. The summed E-state index contributed by atoms with van der Waals surface area (Å²) in [6.45, 7) is -1.81. The second-order valence-corrected chi connectivity index (χ2v) is 6.95. The van der Waals surface area contributed by atoms with Crippen LogP contribution in [0.3, 0.4) is 0 Å². The summed E-state index contributed by atoms with van der Waals surface area (Å²) in [5, 5.41) is 80.2. The van der Waals surface area contributed by atoms with Crippen molar-refractivity contribution in [3.63, 3.8) is 0 Å². The first-order chi connectivity index (χ1) is 12.1. The van der Waals surface area contributed by atoms with Crippen molar-refractivity contribution < 1.29 is 50.3 Å². The Labute approximate surface area is 160 Å². The van der Waals surface area contributed by atoms with E-state index in [-0.39, 0.29) is 10.9 Å². The van der Waals surface area contributed by atoms with Gasteiger partial charge in [0.2, 0.25) is 0 Å². The smallest absolute Gasteiger partial charge is 0.187 e. The molecular weight excluding hydrogens is 394 g/mol. The fourth-order valence-corrected chi connectivity index (χ4v) is 2.54. The van der Waals surface area contributed by atoms with Crippen LogP contribution in [0.15, 0.2) is 0 Å². The molecule has 1 rings (SSSR count). The molecule has 0 bridgehead atoms. The quantitative estimate of drug-likeness (QED) is 0.127. The van der Waals surface area contributed by atoms with E-state index in [2.05, 4.69) is 30.2 Å². The minimum absolute atomic E-state index is 0.0466. The van der Waals surface area contributed by atoms with E-state index in [0.29, 0.717) is 0 Å². The van der Waals surface area contributed by atoms with Gasteiger partial charge in [0.15, 0.2) is 6.29 Å². The first kappa shape index (κ1) is 23.9. The lowest BCUT2D eigenvalue weighted by molar-refractivity contribution is -0.327. The highest BCUT2D eigenvalue weighted by molar-refractivity contribution is 8.11. The van der Waals surface area contributed by atoms with E-state index in [4.69, 9.17) is 19.7 Å². The lowest BCUT2D eigenvalue weighted by Gasteiger charge is -2.42. The van der Waals surface area contributed by atoms with Crippen LogP contribution in [-0.4, -0.2) is 120 Å². The highest BCUT2D eigenvalue weighted by Crippen LogP contribution is 2.24. The lowest BCUT2D eigenvalue weighted by Crippen LogP contribution is -2.61. The Morgan fingerprint density at radius 2 is 1.69 bits per heavy atom. The monoisotopic (exact) mass is 419 g/mol. The number of rotatable bonds is 9. The molecule has 0 unspecified atom stereocenters. The minimum Gasteiger partial charge on any atom is -0.394 e. The molecule has 0 spiro atoms. The van der Waals surface area contributed by atoms with Gasteiger partial charge >= 0.3 is 0 Å². The van der Waals surface area contributed by atoms with Gasteiger partial charge in [0, 0.05) is 6.54 Å². The molecule has 0 aliphatic carbocycles. The van der Waals surface area contributed by atoms with Crippen LogP contribution in [0.1, 0.15) is 0 Å². The lowest BCUT2D eigenvalue weighted by atomic mass is 9.98. The second kappa shape index (κ2) is 11.0. The number of aliphatic hydroxyl groups is 8. The normalized spacial score (nSPS) is 34.0. The first-order valence-corrected chi connectivity index (χ1v) is 8.57. The molecule has 0 aromatic carbocycles. The van der Waals surface area contributed by atoms with Crippen molar-refractivity contribution in [2.75, 3.05) is 19.8 Å². The van der Waals surface area contributed by atoms with Gasteiger partial charge in [-0.3, -0.25) is 0 Å². The number of nitrogens with one attached hydrogen (secondary N) is 1. The topological polar surface area (TPSA) is 192 Å². The molecule has 9 atom stereocenters. The zero-order valence-corrected chi connectivity index (χ0v) is 15.3. The summed E-state index contributed by atoms with van der Waals surface area (Å²) < 4.78 is 10.4. The molecule has 1 aliphatic rings. The zero-order chi connectivity index (χ0) is 20.0. The van der Waals surface area contributed by atoms with Gasteiger partial charge in [-0.25, -0.2) is 0 Å². The van der Waals surface area contributed by atoms with E-state index in [0.717, 1.165) is 0 Å². The SMILES string of the molecule is OC[C@@H](O)[C@@H](O[C@@H]1O[C@H](CO)[C@H](O)[C@H](O)[C@H]1O)[C@H](O)[C@@H](O)CNC(=S)S. The molecule has 26 heavy (non-hydrogen) atoms. The third-order valence-corrected chi connectivity index (χ3v) is 4.20. The molecule has 1 aliphatic heterocycles. The van der Waals surface area contributed by atoms with Crippen molar-refractivity contribution in [1.29, 1.82) is 0 Å². The zero-order valence-electron chi connectivity index (χ0n) is 13.6. The van der Waals surface area contributed by atoms with E-state index in [9.17, 15) is 30.6 Å². The molecule has 1 saturated heterocycles. The van der Waals surface area contributed by atoms with Gasteiger partial charge in [0.1, 0.15) is 47.0 Å². The van der Waals surface area contributed by atoms with E-state index in [1.807, 2.05) is 0 Å². The Balaban J connectivity index is 2.87. The van der Waals surface area contributed by atoms with Gasteiger partial charge in [0.05, 0.1) is 19.3 Å². The first-order valence-electron chi connectivity index (χ1n) is 7.71. The molecule has 1 heterocycles. The predicted molar refractivity (Wildman–Crippen MR) is 93.3 cm³/mol. The van der Waals surface area contributed by atoms with Gasteiger partial charge < -0.3 is 55.6 Å². The highest BCUT2D eigenvalue weighted by atomic mass is 32.1. The molecule has 0 aromatic heterocycles. The van der Waals surface area contributed by atoms with E-state index in [1.54, 1.807) is 0 Å². The van der Waals surface area contributed by atoms with E-state index < -0.39 is 68.3 Å². The van der Waals surface area contributed by atoms with Crippen LogP contribution in [0.25, 0.3) is 0 Å². The number of hydrogen-bond acceptors (Lipinski definition) is 11. The number of thiol groups is 1. The molecule has 0 aromatic rings. The number of ether oxygens (including phenoxy) is 2. The van der Waals surface area contributed by atoms with Crippen LogP contribution in [0.4, 0.5) is 0 Å². The summed E-state index contributed by atoms with van der Waals surface area (Å²) in [4.78, 5) is 0. The molecule has 154 valence electrons. The molecule has 0 radical (unpaired) electrons. The summed E-state index contributed by atoms with van der Waals surface area (Å²) in [5.41, 5.74) is 0. The Morgan fingerprint density at radius 3 is 2.19 bits per heavy atom. The van der Waals surface area contributed by atoms with Crippen molar-refractivity contribution >= 4 is 29.2 Å². The van der Waals surface area contributed by atoms with Gasteiger partial charge in [-0.15, -0.1) is 12.6 Å². The third kappa shape index (κ3) is 6.19. The summed E-state index contributed by atoms with van der Waals surface area (Å²) in [6, 6.07) is 0. The predicted octanol–water partition coefficient (Wildman–Crippen LogP) is -4.95. The Hall–Kier alpha value is -0.160. The number of aliphatic hydroxyl groups excluding tert-OH is 8. The van der Waals surface area contributed by atoms with Gasteiger partial charge in [0.25, 0.3) is 0 Å². The van der Waals surface area contributed by atoms with Crippen LogP contribution < -0.4 is 5.32 Å². The Bertz CT molecular complexity index is 445. The van der Waals surface area contributed by atoms with Gasteiger partial charge in [-0.1, -0.05) is 12.2 Å². The number of hydrogen-bond donors (Lipinski definition) is 10. The number of thiocarbonyl (C=S) groups is 1. The van der Waals surface area contributed by atoms with Crippen molar-refractivity contribution in [3.05, 3.63) is 0 Å². The van der Waals surface area contributed by atoms with Crippen LogP contribution in [0.5, 0.6) is 0 Å². The molecular formula is C13H25NO10S2. The third-order valence-electron chi connectivity index (χ3n) is 3.90. The highest BCUT2D eigenvalue weighted by Gasteiger charge is 2.46. The fraction of sp³-hybridized carbons (Fsp3) is 0.923. The minimum atomic E-state index is -1.78. The van der Waals surface area contributed by atoms with Crippen molar-refractivity contribution in [2.45, 2.75) is 55.1 Å². The summed E-state index contributed by atoms with van der Waals surface area (Å²) in [5.74, 6) is 0. The molecule has 0 amide bonds. The molecule has 1 fully saturated rings. The van der Waals surface area contributed by atoms with Crippen LogP contribution >= 0.6 is 24.8 Å². The van der Waals surface area contributed by atoms with Crippen molar-refractivity contribution in [3.8, 4) is 0 Å². The Kier molecular flexibility index (Phi) is 10.1. The van der Waals surface area contributed by atoms with E-state index >= 15 is 0 Å². The standard InChI is InChI=1S/C13H25NO10S2/c15-2-5(18)11(7(19)4(17)1-14-13(25)26)24-12-10(22)9(21)8(20)6(3-16)23-12/h4-12,15-22H,1-3H2,(H2,14,25,26)/t4-,5+,6+,7+,8-,9-,10+,11+,12-/m0/s1. The van der Waals surface area contributed by atoms with Crippen LogP contribution in [0.2, 0.25) is 0 Å². The second-order valence-electron chi connectivity index (χ2n) is 5.79. The fourth-order valence-electron chi connectivity index (χ4n) is 2.37. The van der Waals surface area contributed by atoms with Crippen molar-refractivity contribution in [1.82, 2.24) is 5.32 Å². The van der Waals surface area contributed by atoms with Crippen LogP contribution in [0, 0.1) is 0 Å². The van der Waals surface area contributed by atoms with Crippen LogP contribution in [-0.2, 0) is 9.47 Å². The maximum absolute atomic E-state index is 10.2. The summed E-state index contributed by atoms with van der Waals surface area (Å²) in [7, 11) is 0. The van der Waals surface area contributed by atoms with E-state index in [1.165, 1.54) is 0 Å². The average Bonchev–Trinajstić information content (AvgIpc) is 2.62. The van der Waals surface area contributed by atoms with Crippen molar-refractivity contribution in [2.24, 2.45) is 0 Å². The van der Waals surface area contributed by atoms with Gasteiger partial charge in [-0.05, 0) is 0 Å². The largest absolute Gasteiger partial charge is 0.394 e. The Morgan fingerprint density at radius 1 is 1.08 bits per heavy atom. The summed E-state index contributed by atoms with van der Waals surface area (Å²) >= 11 is 8.44. The maximum Gasteiger partial charge on any atom is 0.187 e. The maximum atomic E-state index is 10.2. The molecule has 11 nitrogen and oxygen atoms in total. The van der Waals surface area contributed by atoms with Gasteiger partial charge in [-0.2, -0.15) is 0 Å². The average molecular weight is 419 g/mol. The molecule has 9 N–H and O–H groups in total.